The van der Waals surface area contributed by atoms with E-state index in [4.69, 9.17) is 5.11 Å². The fourth-order valence-corrected chi connectivity index (χ4v) is 3.06. The average Bonchev–Trinajstić information content (AvgIpc) is 3.02. The summed E-state index contributed by atoms with van der Waals surface area (Å²) < 4.78 is 2.07. The molecule has 1 fully saturated rings. The summed E-state index contributed by atoms with van der Waals surface area (Å²) in [6.07, 6.45) is 2.52. The molecule has 0 amide bonds. The van der Waals surface area contributed by atoms with Crippen LogP contribution in [0.4, 0.5) is 0 Å². The van der Waals surface area contributed by atoms with Gasteiger partial charge in [0, 0.05) is 13.1 Å². The highest BCUT2D eigenvalue weighted by Crippen LogP contribution is 2.19. The minimum atomic E-state index is -0.829. The van der Waals surface area contributed by atoms with E-state index >= 15 is 0 Å². The van der Waals surface area contributed by atoms with Crippen LogP contribution in [0.3, 0.4) is 0 Å². The summed E-state index contributed by atoms with van der Waals surface area (Å²) in [5.74, 6) is -0.174. The number of carbonyl (C=O) groups is 1. The van der Waals surface area contributed by atoms with Crippen molar-refractivity contribution in [2.24, 2.45) is 0 Å². The molecule has 2 heterocycles. The summed E-state index contributed by atoms with van der Waals surface area (Å²) in [5, 5.41) is 9.09. The number of hydrogen-bond acceptors (Lipinski definition) is 3. The second-order valence-electron chi connectivity index (χ2n) is 5.79. The summed E-state index contributed by atoms with van der Waals surface area (Å²) in [5.41, 5.74) is 3.08. The first-order valence-corrected chi connectivity index (χ1v) is 7.53. The van der Waals surface area contributed by atoms with Crippen LogP contribution in [0.15, 0.2) is 18.2 Å². The third-order valence-corrected chi connectivity index (χ3v) is 4.13. The SMILES string of the molecule is Cc1ccc2c(c1)nc(CC(=O)O)n2CCN1CCCC1. The maximum Gasteiger partial charge on any atom is 0.311 e. The maximum atomic E-state index is 11.1. The van der Waals surface area contributed by atoms with Crippen molar-refractivity contribution in [2.75, 3.05) is 19.6 Å². The van der Waals surface area contributed by atoms with Gasteiger partial charge in [-0.05, 0) is 50.6 Å². The Bertz CT molecular complexity index is 657. The van der Waals surface area contributed by atoms with E-state index in [1.165, 1.54) is 12.8 Å². The first-order valence-electron chi connectivity index (χ1n) is 7.53. The Morgan fingerprint density at radius 3 is 2.76 bits per heavy atom. The van der Waals surface area contributed by atoms with Gasteiger partial charge < -0.3 is 14.6 Å². The van der Waals surface area contributed by atoms with Crippen LogP contribution in [-0.2, 0) is 17.8 Å². The van der Waals surface area contributed by atoms with Crippen LogP contribution in [0, 0.1) is 6.92 Å². The van der Waals surface area contributed by atoms with Crippen molar-refractivity contribution in [3.63, 3.8) is 0 Å². The van der Waals surface area contributed by atoms with Crippen LogP contribution < -0.4 is 0 Å². The minimum absolute atomic E-state index is 0.0201. The quantitative estimate of drug-likeness (QED) is 0.914. The highest BCUT2D eigenvalue weighted by molar-refractivity contribution is 5.78. The zero-order chi connectivity index (χ0) is 14.8. The number of hydrogen-bond donors (Lipinski definition) is 1. The molecule has 0 radical (unpaired) electrons. The molecule has 1 N–H and O–H groups in total. The first-order chi connectivity index (χ1) is 10.1. The lowest BCUT2D eigenvalue weighted by Crippen LogP contribution is -2.25. The molecule has 0 spiro atoms. The molecule has 0 saturated carbocycles. The number of carboxylic acids is 1. The molecule has 1 aromatic heterocycles. The van der Waals surface area contributed by atoms with Gasteiger partial charge in [-0.15, -0.1) is 0 Å². The standard InChI is InChI=1S/C16H21N3O2/c1-12-4-5-14-13(10-12)17-15(11-16(20)21)19(14)9-8-18-6-2-3-7-18/h4-5,10H,2-3,6-9,11H2,1H3,(H,20,21). The fourth-order valence-electron chi connectivity index (χ4n) is 3.06. The Hall–Kier alpha value is -1.88. The number of nitrogens with zero attached hydrogens (tertiary/aromatic N) is 3. The van der Waals surface area contributed by atoms with Crippen molar-refractivity contribution in [1.29, 1.82) is 0 Å². The average molecular weight is 287 g/mol. The van der Waals surface area contributed by atoms with Crippen molar-refractivity contribution in [2.45, 2.75) is 32.7 Å². The van der Waals surface area contributed by atoms with Gasteiger partial charge in [0.25, 0.3) is 0 Å². The van der Waals surface area contributed by atoms with Gasteiger partial charge >= 0.3 is 5.97 Å². The molecule has 1 aliphatic heterocycles. The van der Waals surface area contributed by atoms with Gasteiger partial charge in [0.05, 0.1) is 11.0 Å². The number of aromatic nitrogens is 2. The highest BCUT2D eigenvalue weighted by Gasteiger charge is 2.16. The largest absolute Gasteiger partial charge is 0.481 e. The Morgan fingerprint density at radius 1 is 1.29 bits per heavy atom. The molecular formula is C16H21N3O2. The molecule has 5 heteroatoms. The predicted octanol–water partition coefficient (Wildman–Crippen LogP) is 2.07. The lowest BCUT2D eigenvalue weighted by molar-refractivity contribution is -0.136. The molecule has 5 nitrogen and oxygen atoms in total. The Labute approximate surface area is 124 Å². The molecule has 0 bridgehead atoms. The number of likely N-dealkylation sites (tertiary alicyclic amines) is 1. The molecule has 21 heavy (non-hydrogen) atoms. The molecule has 1 saturated heterocycles. The van der Waals surface area contributed by atoms with Gasteiger partial charge in [-0.2, -0.15) is 0 Å². The molecule has 3 rings (SSSR count). The third-order valence-electron chi connectivity index (χ3n) is 4.13. The Kier molecular flexibility index (Phi) is 3.92. The van der Waals surface area contributed by atoms with Gasteiger partial charge in [-0.1, -0.05) is 6.07 Å². The number of benzene rings is 1. The van der Waals surface area contributed by atoms with Crippen LogP contribution in [-0.4, -0.2) is 45.2 Å². The number of imidazole rings is 1. The van der Waals surface area contributed by atoms with Crippen molar-refractivity contribution in [3.8, 4) is 0 Å². The topological polar surface area (TPSA) is 58.4 Å². The fraction of sp³-hybridized carbons (Fsp3) is 0.500. The van der Waals surface area contributed by atoms with Gasteiger partial charge in [-0.3, -0.25) is 4.79 Å². The molecule has 1 aliphatic rings. The summed E-state index contributed by atoms with van der Waals surface area (Å²) in [6.45, 7) is 6.10. The summed E-state index contributed by atoms with van der Waals surface area (Å²) in [7, 11) is 0. The number of aliphatic carboxylic acids is 1. The normalized spacial score (nSPS) is 15.9. The number of aryl methyl sites for hydroxylation is 1. The van der Waals surface area contributed by atoms with Gasteiger partial charge in [0.15, 0.2) is 0 Å². The monoisotopic (exact) mass is 287 g/mol. The van der Waals surface area contributed by atoms with E-state index in [-0.39, 0.29) is 6.42 Å². The van der Waals surface area contributed by atoms with E-state index in [0.29, 0.717) is 5.82 Å². The minimum Gasteiger partial charge on any atom is -0.481 e. The van der Waals surface area contributed by atoms with Crippen molar-refractivity contribution >= 4 is 17.0 Å². The second-order valence-corrected chi connectivity index (χ2v) is 5.79. The zero-order valence-electron chi connectivity index (χ0n) is 12.4. The van der Waals surface area contributed by atoms with Crippen molar-refractivity contribution in [3.05, 3.63) is 29.6 Å². The number of fused-ring (bicyclic) bond motifs is 1. The molecule has 1 aromatic carbocycles. The number of rotatable bonds is 5. The lowest BCUT2D eigenvalue weighted by atomic mass is 10.2. The smallest absolute Gasteiger partial charge is 0.311 e. The summed E-state index contributed by atoms with van der Waals surface area (Å²) >= 11 is 0. The van der Waals surface area contributed by atoms with Crippen LogP contribution in [0.2, 0.25) is 0 Å². The van der Waals surface area contributed by atoms with Crippen molar-refractivity contribution < 1.29 is 9.90 Å². The lowest BCUT2D eigenvalue weighted by Gasteiger charge is -2.16. The third kappa shape index (κ3) is 3.08. The Balaban J connectivity index is 1.90. The maximum absolute atomic E-state index is 11.1. The summed E-state index contributed by atoms with van der Waals surface area (Å²) in [6, 6.07) is 6.13. The second kappa shape index (κ2) is 5.85. The van der Waals surface area contributed by atoms with Gasteiger partial charge in [0.1, 0.15) is 12.2 Å². The summed E-state index contributed by atoms with van der Waals surface area (Å²) in [4.78, 5) is 18.0. The van der Waals surface area contributed by atoms with E-state index in [2.05, 4.69) is 20.5 Å². The highest BCUT2D eigenvalue weighted by atomic mass is 16.4. The van der Waals surface area contributed by atoms with E-state index in [1.807, 2.05) is 19.1 Å². The van der Waals surface area contributed by atoms with Crippen LogP contribution in [0.25, 0.3) is 11.0 Å². The molecule has 2 aromatic rings. The molecule has 112 valence electrons. The predicted molar refractivity (Wildman–Crippen MR) is 81.5 cm³/mol. The van der Waals surface area contributed by atoms with E-state index in [1.54, 1.807) is 0 Å². The number of carboxylic acid groups (broad SMARTS) is 1. The van der Waals surface area contributed by atoms with Crippen molar-refractivity contribution in [1.82, 2.24) is 14.5 Å². The molecule has 0 aliphatic carbocycles. The molecule has 0 unspecified atom stereocenters. The van der Waals surface area contributed by atoms with E-state index in [9.17, 15) is 4.79 Å². The van der Waals surface area contributed by atoms with Gasteiger partial charge in [0.2, 0.25) is 0 Å². The van der Waals surface area contributed by atoms with Gasteiger partial charge in [-0.25, -0.2) is 4.98 Å². The van der Waals surface area contributed by atoms with Crippen LogP contribution in [0.5, 0.6) is 0 Å². The van der Waals surface area contributed by atoms with Crippen LogP contribution >= 0.6 is 0 Å². The molecule has 0 atom stereocenters. The molecular weight excluding hydrogens is 266 g/mol. The van der Waals surface area contributed by atoms with E-state index in [0.717, 1.165) is 42.8 Å². The Morgan fingerprint density at radius 2 is 2.05 bits per heavy atom. The first kappa shape index (κ1) is 14.1. The van der Waals surface area contributed by atoms with E-state index < -0.39 is 5.97 Å². The van der Waals surface area contributed by atoms with Crippen LogP contribution in [0.1, 0.15) is 24.2 Å². The zero-order valence-corrected chi connectivity index (χ0v) is 12.4.